The van der Waals surface area contributed by atoms with Gasteiger partial charge in [0.15, 0.2) is 0 Å². The number of hydrogen-bond donors (Lipinski definition) is 0. The molecule has 0 spiro atoms. The van der Waals surface area contributed by atoms with Gasteiger partial charge in [0.05, 0.1) is 0 Å². The van der Waals surface area contributed by atoms with Crippen LogP contribution in [0.5, 0.6) is 0 Å². The van der Waals surface area contributed by atoms with Gasteiger partial charge in [-0.1, -0.05) is 0 Å². The summed E-state index contributed by atoms with van der Waals surface area (Å²) in [6.45, 7) is 19.0. The summed E-state index contributed by atoms with van der Waals surface area (Å²) in [5, 5.41) is 25.0. The van der Waals surface area contributed by atoms with Crippen LogP contribution in [0, 0.1) is 47.3 Å². The predicted molar refractivity (Wildman–Crippen MR) is 19.9 cm³/mol. The summed E-state index contributed by atoms with van der Waals surface area (Å²) in [5.74, 6) is 0. The number of nitrogens with zero attached hydrogens (tertiary/aromatic N) is 4. The monoisotopic (exact) mass is 185 g/mol. The Balaban J connectivity index is -0.00000000500. The van der Waals surface area contributed by atoms with Crippen molar-refractivity contribution >= 4 is 0 Å². The standard InChI is InChI=1S/4CN.Na.Ni/c4*1-2;;/q4*-1;+1;+3. The summed E-state index contributed by atoms with van der Waals surface area (Å²) in [4.78, 5) is 0. The molecule has 0 aliphatic heterocycles. The summed E-state index contributed by atoms with van der Waals surface area (Å²) in [6.07, 6.45) is 0. The van der Waals surface area contributed by atoms with E-state index in [0.717, 1.165) is 0 Å². The van der Waals surface area contributed by atoms with E-state index in [1.54, 1.807) is 0 Å². The molecule has 0 unspecified atom stereocenters. The molecule has 0 amide bonds. The van der Waals surface area contributed by atoms with Gasteiger partial charge < -0.3 is 47.3 Å². The molecule has 0 aliphatic carbocycles. The van der Waals surface area contributed by atoms with E-state index in [1.165, 1.54) is 0 Å². The fraction of sp³-hybridized carbons (Fsp3) is 0. The summed E-state index contributed by atoms with van der Waals surface area (Å²) >= 11 is 0. The van der Waals surface area contributed by atoms with Gasteiger partial charge in [0.1, 0.15) is 0 Å². The first-order valence-corrected chi connectivity index (χ1v) is 0.894. The second-order valence-corrected chi connectivity index (χ2v) is 0. The SMILES string of the molecule is [C-]#N.[C-]#N.[C-]#N.[C-]#N.[Na+].[Ni+3]. The molecule has 0 N–H and O–H groups in total. The normalized spacial score (nSPS) is 0.800. The zero-order valence-electron chi connectivity index (χ0n) is 5.11. The van der Waals surface area contributed by atoms with Gasteiger partial charge in [-0.25, -0.2) is 0 Å². The molecule has 10 heavy (non-hydrogen) atoms. The molecule has 0 heterocycles. The summed E-state index contributed by atoms with van der Waals surface area (Å²) in [6, 6.07) is 0. The van der Waals surface area contributed by atoms with Gasteiger partial charge in [0.25, 0.3) is 0 Å². The smallest absolute Gasteiger partial charge is 0.512 e. The molecule has 0 aliphatic rings. The molecule has 0 aromatic carbocycles. The molecule has 4 nitrogen and oxygen atoms in total. The Morgan fingerprint density at radius 3 is 0.500 bits per heavy atom. The molecule has 0 aromatic rings. The van der Waals surface area contributed by atoms with E-state index in [4.69, 9.17) is 47.3 Å². The Labute approximate surface area is 92.9 Å². The molecule has 0 saturated carbocycles. The molecule has 6 heteroatoms. The van der Waals surface area contributed by atoms with Crippen molar-refractivity contribution in [2.75, 3.05) is 0 Å². The maximum Gasteiger partial charge on any atom is 3.00 e. The Morgan fingerprint density at radius 1 is 0.500 bits per heavy atom. The third kappa shape index (κ3) is 1040. The van der Waals surface area contributed by atoms with Crippen LogP contribution in [-0.2, 0) is 16.5 Å². The van der Waals surface area contributed by atoms with Crippen LogP contribution in [0.1, 0.15) is 0 Å². The van der Waals surface area contributed by atoms with Crippen molar-refractivity contribution in [1.29, 1.82) is 21.0 Å². The molecule has 1 radical (unpaired) electrons. The van der Waals surface area contributed by atoms with Crippen LogP contribution in [0.25, 0.3) is 0 Å². The van der Waals surface area contributed by atoms with E-state index in [1.807, 2.05) is 0 Å². The van der Waals surface area contributed by atoms with Crippen LogP contribution < -0.4 is 29.6 Å². The fourth-order valence-corrected chi connectivity index (χ4v) is 0. The second-order valence-electron chi connectivity index (χ2n) is 0. The topological polar surface area (TPSA) is 95.2 Å². The number of hydrogen-bond acceptors (Lipinski definition) is 4. The Bertz CT molecular complexity index is 60.2. The van der Waals surface area contributed by atoms with Crippen molar-refractivity contribution in [3.63, 3.8) is 0 Å². The van der Waals surface area contributed by atoms with E-state index < -0.39 is 0 Å². The van der Waals surface area contributed by atoms with Crippen LogP contribution in [0.15, 0.2) is 0 Å². The average Bonchev–Trinajstić information content (AvgIpc) is 2.03. The summed E-state index contributed by atoms with van der Waals surface area (Å²) < 4.78 is 0. The van der Waals surface area contributed by atoms with Gasteiger partial charge >= 0.3 is 46.0 Å². The molecule has 0 fully saturated rings. The molecule has 0 bridgehead atoms. The third-order valence-corrected chi connectivity index (χ3v) is 0. The minimum Gasteiger partial charge on any atom is -0.512 e. The zero-order valence-corrected chi connectivity index (χ0v) is 8.09. The van der Waals surface area contributed by atoms with Gasteiger partial charge in [-0.15, -0.1) is 0 Å². The minimum absolute atomic E-state index is 0. The second kappa shape index (κ2) is 1570. The van der Waals surface area contributed by atoms with Crippen molar-refractivity contribution in [1.82, 2.24) is 0 Å². The van der Waals surface area contributed by atoms with Crippen molar-refractivity contribution in [2.24, 2.45) is 0 Å². The maximum atomic E-state index is 6.25. The first-order valence-electron chi connectivity index (χ1n) is 0.894. The average molecular weight is 186 g/mol. The van der Waals surface area contributed by atoms with E-state index in [2.05, 4.69) is 0 Å². The van der Waals surface area contributed by atoms with Crippen LogP contribution in [0.3, 0.4) is 0 Å². The largest absolute Gasteiger partial charge is 3.00 e. The van der Waals surface area contributed by atoms with Crippen molar-refractivity contribution in [3.05, 3.63) is 26.3 Å². The summed E-state index contributed by atoms with van der Waals surface area (Å²) in [7, 11) is 0. The van der Waals surface area contributed by atoms with Gasteiger partial charge in [-0.05, 0) is 0 Å². The van der Waals surface area contributed by atoms with Crippen molar-refractivity contribution in [3.8, 4) is 0 Å². The molecule has 0 rings (SSSR count). The molecule has 47 valence electrons. The maximum absolute atomic E-state index is 6.25. The minimum atomic E-state index is 0. The third-order valence-electron chi connectivity index (χ3n) is 0. The molecule has 0 aromatic heterocycles. The van der Waals surface area contributed by atoms with Gasteiger partial charge in [0, 0.05) is 0 Å². The molecule has 0 atom stereocenters. The van der Waals surface area contributed by atoms with E-state index in [0.29, 0.717) is 0 Å². The molecular weight excluding hydrogens is 186 g/mol. The zero-order chi connectivity index (χ0) is 8.00. The van der Waals surface area contributed by atoms with Gasteiger partial charge in [-0.2, -0.15) is 0 Å². The first kappa shape index (κ1) is 56.6. The van der Waals surface area contributed by atoms with E-state index in [-0.39, 0.29) is 46.0 Å². The van der Waals surface area contributed by atoms with Gasteiger partial charge in [-0.3, -0.25) is 0 Å². The fourth-order valence-electron chi connectivity index (χ4n) is 0. The van der Waals surface area contributed by atoms with E-state index in [9.17, 15) is 0 Å². The van der Waals surface area contributed by atoms with Crippen molar-refractivity contribution < 1.29 is 46.0 Å². The molecule has 0 saturated heterocycles. The molecular formula is C4N4NaNi. The number of rotatable bonds is 0. The Morgan fingerprint density at radius 2 is 0.500 bits per heavy atom. The van der Waals surface area contributed by atoms with Crippen LogP contribution >= 0.6 is 0 Å². The van der Waals surface area contributed by atoms with Crippen molar-refractivity contribution in [2.45, 2.75) is 0 Å². The predicted octanol–water partition coefficient (Wildman–Crippen LogP) is -2.61. The summed E-state index contributed by atoms with van der Waals surface area (Å²) in [5.41, 5.74) is 0. The quantitative estimate of drug-likeness (QED) is 0.305. The van der Waals surface area contributed by atoms with Gasteiger partial charge in [0.2, 0.25) is 0 Å². The van der Waals surface area contributed by atoms with Crippen LogP contribution in [0.2, 0.25) is 0 Å². The van der Waals surface area contributed by atoms with Crippen LogP contribution in [0.4, 0.5) is 0 Å². The first-order chi connectivity index (χ1) is 4.00. The Hall–Kier alpha value is -0.546. The van der Waals surface area contributed by atoms with E-state index >= 15 is 0 Å². The Kier molecular flexibility index (Phi) is 8910. The van der Waals surface area contributed by atoms with Crippen LogP contribution in [-0.4, -0.2) is 0 Å².